The molecule has 0 atom stereocenters. The Morgan fingerprint density at radius 1 is 1.42 bits per heavy atom. The van der Waals surface area contributed by atoms with Crippen molar-refractivity contribution in [1.29, 1.82) is 0 Å². The normalized spacial score (nSPS) is 21.7. The SMILES string of the molecule is C1CNc2onc(C3CC3)c2C1. The minimum absolute atomic E-state index is 0.720. The van der Waals surface area contributed by atoms with Gasteiger partial charge in [0.15, 0.2) is 0 Å². The Balaban J connectivity index is 2.03. The van der Waals surface area contributed by atoms with E-state index in [1.807, 2.05) is 0 Å². The summed E-state index contributed by atoms with van der Waals surface area (Å²) in [4.78, 5) is 0. The largest absolute Gasteiger partial charge is 0.354 e. The second-order valence-electron chi connectivity index (χ2n) is 3.68. The van der Waals surface area contributed by atoms with Gasteiger partial charge in [0.2, 0.25) is 5.88 Å². The molecular formula is C9H12N2O. The van der Waals surface area contributed by atoms with E-state index in [9.17, 15) is 0 Å². The Labute approximate surface area is 71.1 Å². The maximum atomic E-state index is 5.23. The Hall–Kier alpha value is -0.990. The number of fused-ring (bicyclic) bond motifs is 1. The van der Waals surface area contributed by atoms with Crippen molar-refractivity contribution < 1.29 is 4.52 Å². The van der Waals surface area contributed by atoms with E-state index < -0.39 is 0 Å². The molecule has 0 radical (unpaired) electrons. The van der Waals surface area contributed by atoms with Crippen LogP contribution in [0.4, 0.5) is 5.88 Å². The number of hydrogen-bond donors (Lipinski definition) is 1. The average Bonchev–Trinajstić information content (AvgIpc) is 2.86. The molecular weight excluding hydrogens is 152 g/mol. The van der Waals surface area contributed by atoms with Gasteiger partial charge in [-0.1, -0.05) is 5.16 Å². The highest BCUT2D eigenvalue weighted by atomic mass is 16.5. The van der Waals surface area contributed by atoms with Crippen LogP contribution in [-0.4, -0.2) is 11.7 Å². The van der Waals surface area contributed by atoms with Gasteiger partial charge in [-0.25, -0.2) is 0 Å². The molecule has 1 fully saturated rings. The van der Waals surface area contributed by atoms with Gasteiger partial charge >= 0.3 is 0 Å². The van der Waals surface area contributed by atoms with Crippen molar-refractivity contribution in [2.24, 2.45) is 0 Å². The van der Waals surface area contributed by atoms with Crippen molar-refractivity contribution in [3.8, 4) is 0 Å². The minimum Gasteiger partial charge on any atom is -0.354 e. The Morgan fingerprint density at radius 2 is 2.33 bits per heavy atom. The van der Waals surface area contributed by atoms with E-state index in [0.717, 1.165) is 24.8 Å². The lowest BCUT2D eigenvalue weighted by Gasteiger charge is -2.10. The van der Waals surface area contributed by atoms with Crippen molar-refractivity contribution in [3.05, 3.63) is 11.3 Å². The van der Waals surface area contributed by atoms with E-state index in [4.69, 9.17) is 4.52 Å². The highest BCUT2D eigenvalue weighted by Crippen LogP contribution is 2.43. The lowest BCUT2D eigenvalue weighted by molar-refractivity contribution is 0.422. The van der Waals surface area contributed by atoms with Crippen molar-refractivity contribution >= 4 is 5.88 Å². The van der Waals surface area contributed by atoms with Gasteiger partial charge < -0.3 is 9.84 Å². The lowest BCUT2D eigenvalue weighted by Crippen LogP contribution is -2.10. The van der Waals surface area contributed by atoms with Crippen LogP contribution in [0.2, 0.25) is 0 Å². The van der Waals surface area contributed by atoms with Crippen molar-refractivity contribution in [2.45, 2.75) is 31.6 Å². The summed E-state index contributed by atoms with van der Waals surface area (Å²) >= 11 is 0. The molecule has 0 aromatic carbocycles. The summed E-state index contributed by atoms with van der Waals surface area (Å²) in [5.41, 5.74) is 2.58. The molecule has 2 aliphatic rings. The summed E-state index contributed by atoms with van der Waals surface area (Å²) in [6.45, 7) is 1.03. The van der Waals surface area contributed by atoms with E-state index in [1.165, 1.54) is 30.5 Å². The third kappa shape index (κ3) is 0.854. The maximum Gasteiger partial charge on any atom is 0.228 e. The van der Waals surface area contributed by atoms with E-state index in [0.29, 0.717) is 0 Å². The van der Waals surface area contributed by atoms with E-state index >= 15 is 0 Å². The number of rotatable bonds is 1. The number of hydrogen-bond acceptors (Lipinski definition) is 3. The summed E-state index contributed by atoms with van der Waals surface area (Å²) in [5.74, 6) is 1.65. The van der Waals surface area contributed by atoms with Crippen molar-refractivity contribution in [2.75, 3.05) is 11.9 Å². The standard InChI is InChI=1S/C9H12N2O/c1-2-7-8(6-3-4-6)11-12-9(7)10-5-1/h6,10H,1-5H2. The first-order valence-electron chi connectivity index (χ1n) is 4.67. The summed E-state index contributed by atoms with van der Waals surface area (Å²) in [6, 6.07) is 0. The molecule has 3 rings (SSSR count). The van der Waals surface area contributed by atoms with Gasteiger partial charge in [-0.15, -0.1) is 0 Å². The van der Waals surface area contributed by atoms with Crippen LogP contribution < -0.4 is 5.32 Å². The lowest BCUT2D eigenvalue weighted by atomic mass is 10.0. The minimum atomic E-state index is 0.720. The van der Waals surface area contributed by atoms with Crippen molar-refractivity contribution in [1.82, 2.24) is 5.16 Å². The fourth-order valence-corrected chi connectivity index (χ4v) is 1.85. The Morgan fingerprint density at radius 3 is 3.17 bits per heavy atom. The molecule has 64 valence electrons. The van der Waals surface area contributed by atoms with E-state index in [2.05, 4.69) is 10.5 Å². The molecule has 0 saturated heterocycles. The molecule has 2 heterocycles. The zero-order valence-electron chi connectivity index (χ0n) is 6.97. The molecule has 1 saturated carbocycles. The Bertz CT molecular complexity index is 301. The average molecular weight is 164 g/mol. The van der Waals surface area contributed by atoms with Gasteiger partial charge in [-0.2, -0.15) is 0 Å². The molecule has 0 unspecified atom stereocenters. The zero-order valence-corrected chi connectivity index (χ0v) is 6.97. The van der Waals surface area contributed by atoms with Crippen LogP contribution in [0.1, 0.15) is 36.4 Å². The molecule has 3 heteroatoms. The fraction of sp³-hybridized carbons (Fsp3) is 0.667. The second-order valence-corrected chi connectivity index (χ2v) is 3.68. The number of aromatic nitrogens is 1. The quantitative estimate of drug-likeness (QED) is 0.689. The molecule has 0 bridgehead atoms. The third-order valence-electron chi connectivity index (χ3n) is 2.67. The molecule has 1 N–H and O–H groups in total. The molecule has 1 aromatic heterocycles. The zero-order chi connectivity index (χ0) is 7.97. The molecule has 3 nitrogen and oxygen atoms in total. The monoisotopic (exact) mass is 164 g/mol. The maximum absolute atomic E-state index is 5.23. The van der Waals surface area contributed by atoms with Crippen LogP contribution in [0, 0.1) is 0 Å². The molecule has 0 spiro atoms. The van der Waals surface area contributed by atoms with Crippen LogP contribution in [0.5, 0.6) is 0 Å². The molecule has 12 heavy (non-hydrogen) atoms. The number of nitrogens with zero attached hydrogens (tertiary/aromatic N) is 1. The van der Waals surface area contributed by atoms with Gasteiger partial charge in [0, 0.05) is 18.0 Å². The van der Waals surface area contributed by atoms with Gasteiger partial charge in [-0.3, -0.25) is 0 Å². The summed E-state index contributed by atoms with van der Waals surface area (Å²) < 4.78 is 5.23. The highest BCUT2D eigenvalue weighted by Gasteiger charge is 2.32. The summed E-state index contributed by atoms with van der Waals surface area (Å²) in [7, 11) is 0. The molecule has 0 amide bonds. The van der Waals surface area contributed by atoms with Gasteiger partial charge in [-0.05, 0) is 25.7 Å². The number of nitrogens with one attached hydrogen (secondary N) is 1. The van der Waals surface area contributed by atoms with E-state index in [1.54, 1.807) is 0 Å². The van der Waals surface area contributed by atoms with Crippen LogP contribution in [0.15, 0.2) is 4.52 Å². The van der Waals surface area contributed by atoms with Crippen LogP contribution in [0.25, 0.3) is 0 Å². The van der Waals surface area contributed by atoms with Gasteiger partial charge in [0.25, 0.3) is 0 Å². The summed E-state index contributed by atoms with van der Waals surface area (Å²) in [5, 5.41) is 7.36. The fourth-order valence-electron chi connectivity index (χ4n) is 1.85. The Kier molecular flexibility index (Phi) is 1.22. The topological polar surface area (TPSA) is 38.1 Å². The predicted molar refractivity (Wildman–Crippen MR) is 45.3 cm³/mol. The molecule has 1 aliphatic carbocycles. The van der Waals surface area contributed by atoms with Crippen LogP contribution in [-0.2, 0) is 6.42 Å². The highest BCUT2D eigenvalue weighted by molar-refractivity contribution is 5.47. The van der Waals surface area contributed by atoms with E-state index in [-0.39, 0.29) is 0 Å². The first-order chi connectivity index (χ1) is 5.95. The summed E-state index contributed by atoms with van der Waals surface area (Å²) in [6.07, 6.45) is 4.98. The second kappa shape index (κ2) is 2.25. The van der Waals surface area contributed by atoms with Gasteiger partial charge in [0.1, 0.15) is 0 Å². The van der Waals surface area contributed by atoms with Gasteiger partial charge in [0.05, 0.1) is 5.69 Å². The predicted octanol–water partition coefficient (Wildman–Crippen LogP) is 1.91. The molecule has 1 aliphatic heterocycles. The smallest absolute Gasteiger partial charge is 0.228 e. The molecule has 1 aromatic rings. The third-order valence-corrected chi connectivity index (χ3v) is 2.67. The van der Waals surface area contributed by atoms with Crippen molar-refractivity contribution in [3.63, 3.8) is 0 Å². The van der Waals surface area contributed by atoms with Crippen LogP contribution in [0.3, 0.4) is 0 Å². The first-order valence-corrected chi connectivity index (χ1v) is 4.67. The number of anilines is 1. The first kappa shape index (κ1) is 6.52. The van der Waals surface area contributed by atoms with Crippen LogP contribution >= 0.6 is 0 Å².